The maximum absolute atomic E-state index is 14.1. The number of allylic oxidation sites excluding steroid dienone is 1. The first-order chi connectivity index (χ1) is 10.2. The summed E-state index contributed by atoms with van der Waals surface area (Å²) in [4.78, 5) is 7.34. The first kappa shape index (κ1) is 13.1. The largest absolute Gasteiger partial charge is 0.354 e. The number of pyridine rings is 1. The van der Waals surface area contributed by atoms with E-state index in [2.05, 4.69) is 28.4 Å². The molecule has 0 fully saturated rings. The molecule has 0 radical (unpaired) electrons. The average molecular weight is 279 g/mol. The number of fused-ring (bicyclic) bond motifs is 1. The Kier molecular flexibility index (Phi) is 3.28. The van der Waals surface area contributed by atoms with Crippen molar-refractivity contribution < 1.29 is 4.39 Å². The zero-order valence-corrected chi connectivity index (χ0v) is 11.4. The Morgan fingerprint density at radius 1 is 1.24 bits per heavy atom. The van der Waals surface area contributed by atoms with Crippen LogP contribution in [-0.2, 0) is 0 Å². The molecule has 0 bridgehead atoms. The predicted molar refractivity (Wildman–Crippen MR) is 84.4 cm³/mol. The quantitative estimate of drug-likeness (QED) is 0.691. The molecule has 2 heterocycles. The molecule has 3 aromatic rings. The molecule has 4 heteroatoms. The van der Waals surface area contributed by atoms with Gasteiger partial charge in [0.1, 0.15) is 11.5 Å². The van der Waals surface area contributed by atoms with E-state index in [0.717, 1.165) is 22.2 Å². The Hall–Kier alpha value is -2.88. The van der Waals surface area contributed by atoms with E-state index >= 15 is 0 Å². The number of rotatable bonds is 4. The maximum atomic E-state index is 14.1. The summed E-state index contributed by atoms with van der Waals surface area (Å²) in [5, 5.41) is 3.85. The topological polar surface area (TPSA) is 40.7 Å². The van der Waals surface area contributed by atoms with Crippen LogP contribution in [0, 0.1) is 5.82 Å². The summed E-state index contributed by atoms with van der Waals surface area (Å²) in [6.45, 7) is 7.29. The second-order valence-corrected chi connectivity index (χ2v) is 4.69. The van der Waals surface area contributed by atoms with Crippen LogP contribution in [0.5, 0.6) is 0 Å². The van der Waals surface area contributed by atoms with Gasteiger partial charge in [0.15, 0.2) is 0 Å². The van der Waals surface area contributed by atoms with Crippen molar-refractivity contribution in [3.05, 3.63) is 73.5 Å². The van der Waals surface area contributed by atoms with Gasteiger partial charge in [-0.3, -0.25) is 0 Å². The fraction of sp³-hybridized carbons (Fsp3) is 0. The summed E-state index contributed by atoms with van der Waals surface area (Å²) in [5.41, 5.74) is 3.39. The third-order valence-corrected chi connectivity index (χ3v) is 3.24. The van der Waals surface area contributed by atoms with Crippen molar-refractivity contribution >= 4 is 16.7 Å². The standard InChI is InChI=1S/C17H14FN3/c1-3-11(2)21-16-5-4-12(9-15(16)18)14-8-13-6-7-19-17(13)20-10-14/h3-10,21H,1-2H2,(H,19,20). The molecule has 0 atom stereocenters. The number of nitrogens with zero attached hydrogens (tertiary/aromatic N) is 1. The number of H-pyrrole nitrogens is 1. The van der Waals surface area contributed by atoms with Crippen LogP contribution in [0.15, 0.2) is 67.7 Å². The Labute approximate surface area is 121 Å². The Morgan fingerprint density at radius 2 is 2.10 bits per heavy atom. The van der Waals surface area contributed by atoms with Crippen molar-refractivity contribution in [1.82, 2.24) is 9.97 Å². The molecule has 3 rings (SSSR count). The smallest absolute Gasteiger partial charge is 0.147 e. The molecule has 0 saturated carbocycles. The minimum Gasteiger partial charge on any atom is -0.354 e. The second-order valence-electron chi connectivity index (χ2n) is 4.69. The monoisotopic (exact) mass is 279 g/mol. The second kappa shape index (κ2) is 5.25. The highest BCUT2D eigenvalue weighted by atomic mass is 19.1. The molecular formula is C17H14FN3. The fourth-order valence-corrected chi connectivity index (χ4v) is 2.12. The molecule has 0 aliphatic carbocycles. The maximum Gasteiger partial charge on any atom is 0.147 e. The van der Waals surface area contributed by atoms with Gasteiger partial charge in [0.2, 0.25) is 0 Å². The van der Waals surface area contributed by atoms with Crippen molar-refractivity contribution in [2.45, 2.75) is 0 Å². The van der Waals surface area contributed by atoms with Gasteiger partial charge in [0.05, 0.1) is 5.69 Å². The summed E-state index contributed by atoms with van der Waals surface area (Å²) < 4.78 is 14.1. The summed E-state index contributed by atoms with van der Waals surface area (Å²) in [5.74, 6) is -0.343. The summed E-state index contributed by atoms with van der Waals surface area (Å²) >= 11 is 0. The van der Waals surface area contributed by atoms with Crippen molar-refractivity contribution in [2.75, 3.05) is 5.32 Å². The lowest BCUT2D eigenvalue weighted by Crippen LogP contribution is -1.97. The lowest BCUT2D eigenvalue weighted by molar-refractivity contribution is 0.632. The van der Waals surface area contributed by atoms with Crippen molar-refractivity contribution in [3.63, 3.8) is 0 Å². The molecule has 21 heavy (non-hydrogen) atoms. The third kappa shape index (κ3) is 2.56. The van der Waals surface area contributed by atoms with Gasteiger partial charge in [0, 0.05) is 29.0 Å². The number of aromatic nitrogens is 2. The molecule has 2 N–H and O–H groups in total. The van der Waals surface area contributed by atoms with Crippen LogP contribution in [0.2, 0.25) is 0 Å². The number of aromatic amines is 1. The van der Waals surface area contributed by atoms with E-state index in [-0.39, 0.29) is 5.82 Å². The predicted octanol–water partition coefficient (Wildman–Crippen LogP) is 4.48. The molecule has 0 amide bonds. The number of anilines is 1. The van der Waals surface area contributed by atoms with Crippen LogP contribution in [-0.4, -0.2) is 9.97 Å². The van der Waals surface area contributed by atoms with Crippen LogP contribution in [0.3, 0.4) is 0 Å². The van der Waals surface area contributed by atoms with Crippen molar-refractivity contribution in [3.8, 4) is 11.1 Å². The van der Waals surface area contributed by atoms with E-state index in [1.807, 2.05) is 24.4 Å². The molecular weight excluding hydrogens is 265 g/mol. The van der Waals surface area contributed by atoms with Gasteiger partial charge >= 0.3 is 0 Å². The zero-order chi connectivity index (χ0) is 14.8. The van der Waals surface area contributed by atoms with E-state index in [9.17, 15) is 4.39 Å². The lowest BCUT2D eigenvalue weighted by Gasteiger charge is -2.09. The van der Waals surface area contributed by atoms with E-state index in [0.29, 0.717) is 11.4 Å². The van der Waals surface area contributed by atoms with Crippen LogP contribution in [0.1, 0.15) is 0 Å². The molecule has 0 aliphatic heterocycles. The molecule has 0 aliphatic rings. The number of hydrogen-bond donors (Lipinski definition) is 2. The number of benzene rings is 1. The van der Waals surface area contributed by atoms with Crippen molar-refractivity contribution in [2.24, 2.45) is 0 Å². The van der Waals surface area contributed by atoms with E-state index in [1.165, 1.54) is 12.1 Å². The highest BCUT2D eigenvalue weighted by Crippen LogP contribution is 2.26. The van der Waals surface area contributed by atoms with Crippen molar-refractivity contribution in [1.29, 1.82) is 0 Å². The Morgan fingerprint density at radius 3 is 2.86 bits per heavy atom. The van der Waals surface area contributed by atoms with Gasteiger partial charge in [-0.1, -0.05) is 19.2 Å². The van der Waals surface area contributed by atoms with Gasteiger partial charge in [-0.05, 0) is 35.9 Å². The summed E-state index contributed by atoms with van der Waals surface area (Å²) in [6, 6.07) is 8.92. The van der Waals surface area contributed by atoms with Gasteiger partial charge in [0.25, 0.3) is 0 Å². The van der Waals surface area contributed by atoms with E-state index in [1.54, 1.807) is 12.3 Å². The minimum atomic E-state index is -0.343. The van der Waals surface area contributed by atoms with Gasteiger partial charge in [-0.15, -0.1) is 0 Å². The molecule has 0 saturated heterocycles. The molecule has 3 nitrogen and oxygen atoms in total. The number of halogens is 1. The fourth-order valence-electron chi connectivity index (χ4n) is 2.12. The highest BCUT2D eigenvalue weighted by molar-refractivity contribution is 5.81. The highest BCUT2D eigenvalue weighted by Gasteiger charge is 2.07. The molecule has 0 spiro atoms. The molecule has 1 aromatic carbocycles. The van der Waals surface area contributed by atoms with Crippen LogP contribution < -0.4 is 5.32 Å². The molecule has 2 aromatic heterocycles. The van der Waals surface area contributed by atoms with E-state index in [4.69, 9.17) is 0 Å². The first-order valence-electron chi connectivity index (χ1n) is 6.49. The van der Waals surface area contributed by atoms with Gasteiger partial charge in [-0.2, -0.15) is 0 Å². The Bertz CT molecular complexity index is 833. The van der Waals surface area contributed by atoms with E-state index < -0.39 is 0 Å². The number of hydrogen-bond acceptors (Lipinski definition) is 2. The van der Waals surface area contributed by atoms with Crippen LogP contribution in [0.4, 0.5) is 10.1 Å². The van der Waals surface area contributed by atoms with Crippen LogP contribution >= 0.6 is 0 Å². The summed E-state index contributed by atoms with van der Waals surface area (Å²) in [7, 11) is 0. The summed E-state index contributed by atoms with van der Waals surface area (Å²) in [6.07, 6.45) is 5.09. The minimum absolute atomic E-state index is 0.343. The first-order valence-corrected chi connectivity index (χ1v) is 6.49. The number of nitrogens with one attached hydrogen (secondary N) is 2. The normalized spacial score (nSPS) is 10.5. The Balaban J connectivity index is 1.97. The third-order valence-electron chi connectivity index (χ3n) is 3.24. The SMILES string of the molecule is C=CC(=C)Nc1ccc(-c2cnc3[nH]ccc3c2)cc1F. The molecule has 0 unspecified atom stereocenters. The average Bonchev–Trinajstić information content (AvgIpc) is 2.96. The van der Waals surface area contributed by atoms with Gasteiger partial charge < -0.3 is 10.3 Å². The van der Waals surface area contributed by atoms with Gasteiger partial charge in [-0.25, -0.2) is 9.37 Å². The lowest BCUT2D eigenvalue weighted by atomic mass is 10.1. The zero-order valence-electron chi connectivity index (χ0n) is 11.4. The molecule has 104 valence electrons. The van der Waals surface area contributed by atoms with Crippen LogP contribution in [0.25, 0.3) is 22.2 Å².